The van der Waals surface area contributed by atoms with Gasteiger partial charge in [0.25, 0.3) is 0 Å². The minimum Gasteiger partial charge on any atom is -0.481 e. The Kier molecular flexibility index (Phi) is 4.01. The van der Waals surface area contributed by atoms with Crippen LogP contribution in [0, 0.1) is 5.92 Å². The molecule has 2 heterocycles. The first-order chi connectivity index (χ1) is 8.06. The van der Waals surface area contributed by atoms with Gasteiger partial charge in [-0.05, 0) is 20.3 Å². The van der Waals surface area contributed by atoms with Gasteiger partial charge in [0, 0.05) is 32.2 Å². The summed E-state index contributed by atoms with van der Waals surface area (Å²) in [6, 6.07) is 0.332. The molecule has 0 aromatic rings. The van der Waals surface area contributed by atoms with Crippen LogP contribution in [0.1, 0.15) is 20.3 Å². The zero-order valence-electron chi connectivity index (χ0n) is 10.6. The SMILES string of the molecule is C[C@@H]1CN([C@@H]2CNC[C@@H](C(=O)O)C2)C[C@H](C)O1. The van der Waals surface area contributed by atoms with Crippen LogP contribution in [-0.2, 0) is 9.53 Å². The number of nitrogens with zero attached hydrogens (tertiary/aromatic N) is 1. The van der Waals surface area contributed by atoms with Crippen LogP contribution < -0.4 is 5.32 Å². The molecule has 0 spiro atoms. The first kappa shape index (κ1) is 12.8. The molecular weight excluding hydrogens is 220 g/mol. The number of aliphatic carboxylic acids is 1. The van der Waals surface area contributed by atoms with Crippen LogP contribution >= 0.6 is 0 Å². The molecule has 0 aromatic heterocycles. The highest BCUT2D eigenvalue weighted by Gasteiger charge is 2.33. The van der Waals surface area contributed by atoms with Gasteiger partial charge in [-0.15, -0.1) is 0 Å². The van der Waals surface area contributed by atoms with Crippen molar-refractivity contribution < 1.29 is 14.6 Å². The number of rotatable bonds is 2. The van der Waals surface area contributed by atoms with E-state index in [0.29, 0.717) is 12.6 Å². The Bertz CT molecular complexity index is 275. The quantitative estimate of drug-likeness (QED) is 0.722. The van der Waals surface area contributed by atoms with Crippen molar-refractivity contribution in [3.63, 3.8) is 0 Å². The lowest BCUT2D eigenvalue weighted by atomic mass is 9.94. The number of ether oxygens (including phenoxy) is 1. The Morgan fingerprint density at radius 1 is 1.29 bits per heavy atom. The van der Waals surface area contributed by atoms with Crippen LogP contribution in [0.5, 0.6) is 0 Å². The summed E-state index contributed by atoms with van der Waals surface area (Å²) in [4.78, 5) is 13.4. The second kappa shape index (κ2) is 5.33. The van der Waals surface area contributed by atoms with E-state index >= 15 is 0 Å². The van der Waals surface area contributed by atoms with E-state index in [9.17, 15) is 4.79 Å². The Labute approximate surface area is 102 Å². The summed E-state index contributed by atoms with van der Waals surface area (Å²) in [7, 11) is 0. The van der Waals surface area contributed by atoms with Gasteiger partial charge in [-0.2, -0.15) is 0 Å². The van der Waals surface area contributed by atoms with Gasteiger partial charge in [-0.1, -0.05) is 0 Å². The molecule has 2 fully saturated rings. The fraction of sp³-hybridized carbons (Fsp3) is 0.917. The van der Waals surface area contributed by atoms with Gasteiger partial charge in [0.05, 0.1) is 18.1 Å². The van der Waals surface area contributed by atoms with Gasteiger partial charge < -0.3 is 15.2 Å². The molecule has 0 amide bonds. The van der Waals surface area contributed by atoms with Gasteiger partial charge >= 0.3 is 5.97 Å². The summed E-state index contributed by atoms with van der Waals surface area (Å²) in [5.74, 6) is -0.932. The van der Waals surface area contributed by atoms with Gasteiger partial charge in [-0.3, -0.25) is 9.69 Å². The van der Waals surface area contributed by atoms with E-state index in [2.05, 4.69) is 24.1 Å². The molecule has 2 aliphatic heterocycles. The highest BCUT2D eigenvalue weighted by molar-refractivity contribution is 5.70. The Hall–Kier alpha value is -0.650. The van der Waals surface area contributed by atoms with Crippen LogP contribution in [0.3, 0.4) is 0 Å². The van der Waals surface area contributed by atoms with Gasteiger partial charge in [0.2, 0.25) is 0 Å². The van der Waals surface area contributed by atoms with Crippen molar-refractivity contribution in [1.82, 2.24) is 10.2 Å². The van der Waals surface area contributed by atoms with E-state index in [1.807, 2.05) is 0 Å². The number of nitrogens with one attached hydrogen (secondary N) is 1. The van der Waals surface area contributed by atoms with Crippen molar-refractivity contribution in [3.05, 3.63) is 0 Å². The average Bonchev–Trinajstić information content (AvgIpc) is 2.28. The van der Waals surface area contributed by atoms with Crippen LogP contribution in [0.2, 0.25) is 0 Å². The van der Waals surface area contributed by atoms with Crippen LogP contribution in [0.15, 0.2) is 0 Å². The number of carbonyl (C=O) groups is 1. The van der Waals surface area contributed by atoms with E-state index in [4.69, 9.17) is 9.84 Å². The van der Waals surface area contributed by atoms with Crippen LogP contribution in [0.25, 0.3) is 0 Å². The molecule has 0 radical (unpaired) electrons. The van der Waals surface area contributed by atoms with E-state index in [-0.39, 0.29) is 18.1 Å². The minimum absolute atomic E-state index is 0.240. The van der Waals surface area contributed by atoms with E-state index < -0.39 is 5.97 Å². The first-order valence-corrected chi connectivity index (χ1v) is 6.39. The molecule has 0 bridgehead atoms. The van der Waals surface area contributed by atoms with Gasteiger partial charge in [-0.25, -0.2) is 0 Å². The third-order valence-electron chi connectivity index (χ3n) is 3.64. The number of carboxylic acids is 1. The lowest BCUT2D eigenvalue weighted by molar-refractivity contribution is -0.143. The van der Waals surface area contributed by atoms with Crippen LogP contribution in [-0.4, -0.2) is 60.4 Å². The van der Waals surface area contributed by atoms with Crippen molar-refractivity contribution in [2.75, 3.05) is 26.2 Å². The van der Waals surface area contributed by atoms with E-state index in [1.54, 1.807) is 0 Å². The Morgan fingerprint density at radius 2 is 1.94 bits per heavy atom. The number of hydrogen-bond donors (Lipinski definition) is 2. The molecule has 2 saturated heterocycles. The summed E-state index contributed by atoms with van der Waals surface area (Å²) < 4.78 is 5.70. The third kappa shape index (κ3) is 3.18. The lowest BCUT2D eigenvalue weighted by Crippen LogP contribution is -2.56. The maximum absolute atomic E-state index is 11.0. The molecule has 17 heavy (non-hydrogen) atoms. The zero-order chi connectivity index (χ0) is 12.4. The molecule has 4 atom stereocenters. The minimum atomic E-state index is -0.684. The summed E-state index contributed by atoms with van der Waals surface area (Å²) in [6.45, 7) is 7.46. The normalized spacial score (nSPS) is 40.1. The van der Waals surface area contributed by atoms with E-state index in [0.717, 1.165) is 26.1 Å². The topological polar surface area (TPSA) is 61.8 Å². The lowest BCUT2D eigenvalue weighted by Gasteiger charge is -2.42. The summed E-state index contributed by atoms with van der Waals surface area (Å²) in [5, 5.41) is 12.3. The standard InChI is InChI=1S/C12H22N2O3/c1-8-6-14(7-9(2)17-8)11-3-10(12(15)16)4-13-5-11/h8-11,13H,3-7H2,1-2H3,(H,15,16)/t8-,9+,10-,11-/m0/s1. The molecule has 2 N–H and O–H groups in total. The highest BCUT2D eigenvalue weighted by Crippen LogP contribution is 2.20. The fourth-order valence-corrected chi connectivity index (χ4v) is 2.90. The van der Waals surface area contributed by atoms with E-state index in [1.165, 1.54) is 0 Å². The monoisotopic (exact) mass is 242 g/mol. The first-order valence-electron chi connectivity index (χ1n) is 6.39. The molecule has 0 aromatic carbocycles. The average molecular weight is 242 g/mol. The van der Waals surface area contributed by atoms with Crippen molar-refractivity contribution in [2.45, 2.75) is 38.5 Å². The maximum Gasteiger partial charge on any atom is 0.307 e. The van der Waals surface area contributed by atoms with Crippen molar-refractivity contribution >= 4 is 5.97 Å². The molecule has 5 nitrogen and oxygen atoms in total. The summed E-state index contributed by atoms with van der Waals surface area (Å²) >= 11 is 0. The smallest absolute Gasteiger partial charge is 0.307 e. The molecule has 2 rings (SSSR count). The van der Waals surface area contributed by atoms with Crippen LogP contribution in [0.4, 0.5) is 0 Å². The Morgan fingerprint density at radius 3 is 2.53 bits per heavy atom. The summed E-state index contributed by atoms with van der Waals surface area (Å²) in [6.07, 6.45) is 1.23. The van der Waals surface area contributed by atoms with Crippen molar-refractivity contribution in [2.24, 2.45) is 5.92 Å². The number of carboxylic acid groups (broad SMARTS) is 1. The number of piperidine rings is 1. The molecule has 98 valence electrons. The zero-order valence-corrected chi connectivity index (χ0v) is 10.6. The number of morpholine rings is 1. The second-order valence-corrected chi connectivity index (χ2v) is 5.29. The predicted molar refractivity (Wildman–Crippen MR) is 64.0 cm³/mol. The van der Waals surface area contributed by atoms with Crippen molar-refractivity contribution in [3.8, 4) is 0 Å². The molecule has 0 unspecified atom stereocenters. The summed E-state index contributed by atoms with van der Waals surface area (Å²) in [5.41, 5.74) is 0. The van der Waals surface area contributed by atoms with Gasteiger partial charge in [0.1, 0.15) is 0 Å². The largest absolute Gasteiger partial charge is 0.481 e. The Balaban J connectivity index is 1.94. The molecule has 0 aliphatic carbocycles. The van der Waals surface area contributed by atoms with Crippen molar-refractivity contribution in [1.29, 1.82) is 0 Å². The van der Waals surface area contributed by atoms with Gasteiger partial charge in [0.15, 0.2) is 0 Å². The fourth-order valence-electron chi connectivity index (χ4n) is 2.90. The number of hydrogen-bond acceptors (Lipinski definition) is 4. The molecule has 2 aliphatic rings. The predicted octanol–water partition coefficient (Wildman–Crippen LogP) is 0.158. The third-order valence-corrected chi connectivity index (χ3v) is 3.64. The maximum atomic E-state index is 11.0. The molecule has 5 heteroatoms. The second-order valence-electron chi connectivity index (χ2n) is 5.29. The highest BCUT2D eigenvalue weighted by atomic mass is 16.5. The molecule has 0 saturated carbocycles. The molecular formula is C12H22N2O3.